The van der Waals surface area contributed by atoms with E-state index < -0.39 is 0 Å². The van der Waals surface area contributed by atoms with E-state index in [1.165, 1.54) is 27.9 Å². The first-order valence-corrected chi connectivity index (χ1v) is 8.69. The average Bonchev–Trinajstić information content (AvgIpc) is 2.69. The fourth-order valence-corrected chi connectivity index (χ4v) is 3.26. The second-order valence-electron chi connectivity index (χ2n) is 6.45. The van der Waals surface area contributed by atoms with Gasteiger partial charge in [0.05, 0.1) is 6.54 Å². The van der Waals surface area contributed by atoms with Crippen LogP contribution in [0, 0.1) is 0 Å². The molecule has 0 spiro atoms. The van der Waals surface area contributed by atoms with Gasteiger partial charge >= 0.3 is 0 Å². The third-order valence-corrected chi connectivity index (χ3v) is 4.68. The maximum absolute atomic E-state index is 12.9. The largest absolute Gasteiger partial charge is 0.333 e. The van der Waals surface area contributed by atoms with Crippen molar-refractivity contribution in [3.63, 3.8) is 0 Å². The van der Waals surface area contributed by atoms with E-state index in [-0.39, 0.29) is 11.5 Å². The van der Waals surface area contributed by atoms with Gasteiger partial charge in [0.15, 0.2) is 0 Å². The van der Waals surface area contributed by atoms with Gasteiger partial charge in [0.1, 0.15) is 5.69 Å². The molecule has 1 aliphatic rings. The molecule has 1 amide bonds. The van der Waals surface area contributed by atoms with E-state index in [1.54, 1.807) is 4.90 Å². The van der Waals surface area contributed by atoms with Crippen LogP contribution in [0.15, 0.2) is 71.5 Å². The molecule has 5 nitrogen and oxygen atoms in total. The van der Waals surface area contributed by atoms with Crippen molar-refractivity contribution in [1.82, 2.24) is 14.7 Å². The van der Waals surface area contributed by atoms with Crippen LogP contribution in [0.3, 0.4) is 0 Å². The second-order valence-corrected chi connectivity index (χ2v) is 6.45. The third kappa shape index (κ3) is 3.28. The molecule has 0 N–H and O–H groups in total. The predicted molar refractivity (Wildman–Crippen MR) is 98.9 cm³/mol. The van der Waals surface area contributed by atoms with Crippen molar-refractivity contribution in [2.45, 2.75) is 19.5 Å². The molecule has 0 fully saturated rings. The molecule has 2 aromatic carbocycles. The third-order valence-electron chi connectivity index (χ3n) is 4.68. The Hall–Kier alpha value is -3.21. The molecule has 0 aliphatic carbocycles. The minimum absolute atomic E-state index is 0.138. The van der Waals surface area contributed by atoms with Crippen LogP contribution in [0.25, 0.3) is 0 Å². The Bertz CT molecular complexity index is 995. The molecule has 0 radical (unpaired) electrons. The van der Waals surface area contributed by atoms with Gasteiger partial charge in [-0.25, -0.2) is 4.68 Å². The van der Waals surface area contributed by atoms with Crippen LogP contribution in [-0.4, -0.2) is 27.1 Å². The topological polar surface area (TPSA) is 55.2 Å². The Morgan fingerprint density at radius 2 is 1.65 bits per heavy atom. The Morgan fingerprint density at radius 3 is 2.46 bits per heavy atom. The summed E-state index contributed by atoms with van der Waals surface area (Å²) in [7, 11) is 0. The van der Waals surface area contributed by atoms with Crippen LogP contribution in [0.4, 0.5) is 0 Å². The van der Waals surface area contributed by atoms with Gasteiger partial charge in [0.25, 0.3) is 11.5 Å². The minimum atomic E-state index is -0.214. The van der Waals surface area contributed by atoms with Gasteiger partial charge in [-0.15, -0.1) is 0 Å². The van der Waals surface area contributed by atoms with E-state index in [9.17, 15) is 9.59 Å². The maximum atomic E-state index is 12.9. The van der Waals surface area contributed by atoms with Crippen LogP contribution in [-0.2, 0) is 19.5 Å². The van der Waals surface area contributed by atoms with Crippen LogP contribution in [0.1, 0.15) is 27.2 Å². The molecule has 2 heterocycles. The minimum Gasteiger partial charge on any atom is -0.333 e. The van der Waals surface area contributed by atoms with Gasteiger partial charge in [-0.2, -0.15) is 5.10 Å². The summed E-state index contributed by atoms with van der Waals surface area (Å²) in [6.45, 7) is 1.59. The van der Waals surface area contributed by atoms with E-state index in [0.29, 0.717) is 25.3 Å². The maximum Gasteiger partial charge on any atom is 0.274 e. The lowest BCUT2D eigenvalue weighted by atomic mass is 10.00. The Labute approximate surface area is 151 Å². The van der Waals surface area contributed by atoms with Gasteiger partial charge in [-0.05, 0) is 29.2 Å². The number of carbonyl (C=O) groups excluding carboxylic acids is 1. The standard InChI is InChI=1S/C21H19N3O2/c25-20-11-10-19(22-24(20)14-16-6-2-1-3-7-16)21(26)23-13-12-17-8-4-5-9-18(17)15-23/h1-11H,12-15H2. The zero-order chi connectivity index (χ0) is 17.9. The summed E-state index contributed by atoms with van der Waals surface area (Å²) >= 11 is 0. The highest BCUT2D eigenvalue weighted by atomic mass is 16.2. The lowest BCUT2D eigenvalue weighted by Gasteiger charge is -2.28. The molecule has 0 saturated heterocycles. The molecular formula is C21H19N3O2. The Kier molecular flexibility index (Phi) is 4.35. The van der Waals surface area contributed by atoms with Crippen molar-refractivity contribution < 1.29 is 4.79 Å². The molecule has 4 rings (SSSR count). The molecule has 130 valence electrons. The zero-order valence-corrected chi connectivity index (χ0v) is 14.3. The fourth-order valence-electron chi connectivity index (χ4n) is 3.26. The van der Waals surface area contributed by atoms with Crippen molar-refractivity contribution in [2.24, 2.45) is 0 Å². The van der Waals surface area contributed by atoms with Crippen LogP contribution in [0.2, 0.25) is 0 Å². The summed E-state index contributed by atoms with van der Waals surface area (Å²) in [4.78, 5) is 26.8. The predicted octanol–water partition coefficient (Wildman–Crippen LogP) is 2.49. The summed E-state index contributed by atoms with van der Waals surface area (Å²) in [6.07, 6.45) is 0.839. The number of rotatable bonds is 3. The number of hydrogen-bond acceptors (Lipinski definition) is 3. The number of amides is 1. The molecule has 0 unspecified atom stereocenters. The zero-order valence-electron chi connectivity index (χ0n) is 14.3. The molecule has 1 aromatic heterocycles. The SMILES string of the molecule is O=C(c1ccc(=O)n(Cc2ccccc2)n1)N1CCc2ccccc2C1. The molecule has 3 aromatic rings. The molecule has 0 saturated carbocycles. The summed E-state index contributed by atoms with van der Waals surface area (Å²) < 4.78 is 1.35. The van der Waals surface area contributed by atoms with Gasteiger partial charge in [0.2, 0.25) is 0 Å². The molecule has 5 heteroatoms. The highest BCUT2D eigenvalue weighted by Crippen LogP contribution is 2.19. The van der Waals surface area contributed by atoms with E-state index in [2.05, 4.69) is 17.2 Å². The highest BCUT2D eigenvalue weighted by Gasteiger charge is 2.23. The fraction of sp³-hybridized carbons (Fsp3) is 0.190. The van der Waals surface area contributed by atoms with Crippen molar-refractivity contribution >= 4 is 5.91 Å². The number of hydrogen-bond donors (Lipinski definition) is 0. The molecule has 1 aliphatic heterocycles. The van der Waals surface area contributed by atoms with Crippen molar-refractivity contribution in [2.75, 3.05) is 6.54 Å². The van der Waals surface area contributed by atoms with Gasteiger partial charge in [-0.3, -0.25) is 9.59 Å². The van der Waals surface area contributed by atoms with Crippen molar-refractivity contribution in [1.29, 1.82) is 0 Å². The number of nitrogens with zero attached hydrogens (tertiary/aromatic N) is 3. The Morgan fingerprint density at radius 1 is 0.923 bits per heavy atom. The normalized spacial score (nSPS) is 13.3. The lowest BCUT2D eigenvalue weighted by molar-refractivity contribution is 0.0726. The summed E-state index contributed by atoms with van der Waals surface area (Å²) in [5.74, 6) is -0.138. The molecular weight excluding hydrogens is 326 g/mol. The lowest BCUT2D eigenvalue weighted by Crippen LogP contribution is -2.37. The van der Waals surface area contributed by atoms with Crippen molar-refractivity contribution in [3.8, 4) is 0 Å². The van der Waals surface area contributed by atoms with Crippen LogP contribution >= 0.6 is 0 Å². The smallest absolute Gasteiger partial charge is 0.274 e. The second kappa shape index (κ2) is 6.96. The van der Waals surface area contributed by atoms with E-state index in [0.717, 1.165) is 12.0 Å². The first-order chi connectivity index (χ1) is 12.7. The first-order valence-electron chi connectivity index (χ1n) is 8.69. The molecule has 0 bridgehead atoms. The molecule has 0 atom stereocenters. The van der Waals surface area contributed by atoms with E-state index >= 15 is 0 Å². The number of fused-ring (bicyclic) bond motifs is 1. The summed E-state index contributed by atoms with van der Waals surface area (Å²) in [6, 6.07) is 20.7. The van der Waals surface area contributed by atoms with Gasteiger partial charge in [-0.1, -0.05) is 54.6 Å². The number of benzene rings is 2. The van der Waals surface area contributed by atoms with Gasteiger partial charge < -0.3 is 4.90 Å². The highest BCUT2D eigenvalue weighted by molar-refractivity contribution is 5.92. The number of carbonyl (C=O) groups is 1. The monoisotopic (exact) mass is 345 g/mol. The summed E-state index contributed by atoms with van der Waals surface area (Å²) in [5.41, 5.74) is 3.52. The Balaban J connectivity index is 1.57. The number of aromatic nitrogens is 2. The average molecular weight is 345 g/mol. The summed E-state index contributed by atoms with van der Waals surface area (Å²) in [5, 5.41) is 4.31. The first kappa shape index (κ1) is 16.3. The van der Waals surface area contributed by atoms with Gasteiger partial charge in [0, 0.05) is 19.2 Å². The molecule has 26 heavy (non-hydrogen) atoms. The van der Waals surface area contributed by atoms with E-state index in [1.807, 2.05) is 42.5 Å². The van der Waals surface area contributed by atoms with E-state index in [4.69, 9.17) is 0 Å². The van der Waals surface area contributed by atoms with Crippen LogP contribution < -0.4 is 5.56 Å². The van der Waals surface area contributed by atoms with Crippen LogP contribution in [0.5, 0.6) is 0 Å². The van der Waals surface area contributed by atoms with Crippen molar-refractivity contribution in [3.05, 3.63) is 99.5 Å². The quantitative estimate of drug-likeness (QED) is 0.733.